The molecule has 0 spiro atoms. The smallest absolute Gasteiger partial charge is 0.305 e. The third-order valence-corrected chi connectivity index (χ3v) is 6.23. The van der Waals surface area contributed by atoms with Crippen LogP contribution < -0.4 is 0 Å². The average Bonchev–Trinajstić information content (AvgIpc) is 3.09. The van der Waals surface area contributed by atoms with Crippen molar-refractivity contribution in [3.8, 4) is 0 Å². The SMILES string of the molecule is COC(=O)CCCCC(=O)N1CCc2c(n(Cc3cccc(Cl)c3)c3ccccc23)C1. The van der Waals surface area contributed by atoms with Gasteiger partial charge in [-0.1, -0.05) is 41.9 Å². The number of fused-ring (bicyclic) bond motifs is 3. The number of hydrogen-bond donors (Lipinski definition) is 0. The van der Waals surface area contributed by atoms with Crippen LogP contribution in [0.2, 0.25) is 5.02 Å². The van der Waals surface area contributed by atoms with E-state index in [-0.39, 0.29) is 11.9 Å². The van der Waals surface area contributed by atoms with Crippen LogP contribution in [0.5, 0.6) is 0 Å². The van der Waals surface area contributed by atoms with Crippen molar-refractivity contribution in [2.24, 2.45) is 0 Å². The molecule has 2 heterocycles. The molecule has 0 atom stereocenters. The van der Waals surface area contributed by atoms with Gasteiger partial charge in [0.1, 0.15) is 0 Å². The first-order valence-electron chi connectivity index (χ1n) is 10.7. The van der Waals surface area contributed by atoms with Gasteiger partial charge in [0.25, 0.3) is 0 Å². The lowest BCUT2D eigenvalue weighted by Gasteiger charge is -2.29. The van der Waals surface area contributed by atoms with Gasteiger partial charge >= 0.3 is 5.97 Å². The maximum Gasteiger partial charge on any atom is 0.305 e. The molecule has 0 N–H and O–H groups in total. The number of benzene rings is 2. The number of para-hydroxylation sites is 1. The summed E-state index contributed by atoms with van der Waals surface area (Å²) in [5, 5.41) is 2.00. The number of carbonyl (C=O) groups excluding carboxylic acids is 2. The van der Waals surface area contributed by atoms with E-state index in [0.717, 1.165) is 30.1 Å². The lowest BCUT2D eigenvalue weighted by Crippen LogP contribution is -2.36. The number of ether oxygens (including phenoxy) is 1. The van der Waals surface area contributed by atoms with Crippen LogP contribution in [0.15, 0.2) is 48.5 Å². The summed E-state index contributed by atoms with van der Waals surface area (Å²) in [6.07, 6.45) is 3.05. The van der Waals surface area contributed by atoms with Gasteiger partial charge in [0.15, 0.2) is 0 Å². The van der Waals surface area contributed by atoms with Gasteiger partial charge in [-0.3, -0.25) is 9.59 Å². The second-order valence-electron chi connectivity index (χ2n) is 8.01. The molecule has 1 aliphatic heterocycles. The Balaban J connectivity index is 1.53. The lowest BCUT2D eigenvalue weighted by molar-refractivity contribution is -0.141. The summed E-state index contributed by atoms with van der Waals surface area (Å²) in [4.78, 5) is 26.0. The van der Waals surface area contributed by atoms with E-state index in [4.69, 9.17) is 11.6 Å². The molecule has 0 saturated heterocycles. The van der Waals surface area contributed by atoms with E-state index in [0.29, 0.717) is 32.2 Å². The first kappa shape index (κ1) is 21.4. The van der Waals surface area contributed by atoms with E-state index in [1.54, 1.807) is 0 Å². The zero-order chi connectivity index (χ0) is 21.8. The van der Waals surface area contributed by atoms with Gasteiger partial charge in [-0.15, -0.1) is 0 Å². The number of amides is 1. The van der Waals surface area contributed by atoms with Crippen molar-refractivity contribution in [2.45, 2.75) is 45.2 Å². The van der Waals surface area contributed by atoms with E-state index in [1.165, 1.54) is 29.3 Å². The summed E-state index contributed by atoms with van der Waals surface area (Å²) in [6.45, 7) is 2.06. The van der Waals surface area contributed by atoms with Crippen molar-refractivity contribution in [3.63, 3.8) is 0 Å². The Morgan fingerprint density at radius 1 is 1.06 bits per heavy atom. The number of unbranched alkanes of at least 4 members (excludes halogenated alkanes) is 1. The average molecular weight is 439 g/mol. The minimum atomic E-state index is -0.222. The van der Waals surface area contributed by atoms with Crippen molar-refractivity contribution in [1.29, 1.82) is 0 Å². The summed E-state index contributed by atoms with van der Waals surface area (Å²) in [5.41, 5.74) is 4.88. The van der Waals surface area contributed by atoms with Gasteiger partial charge in [-0.05, 0) is 48.6 Å². The topological polar surface area (TPSA) is 51.5 Å². The molecule has 1 aromatic heterocycles. The summed E-state index contributed by atoms with van der Waals surface area (Å²) in [6, 6.07) is 16.4. The van der Waals surface area contributed by atoms with E-state index in [1.807, 2.05) is 23.1 Å². The highest BCUT2D eigenvalue weighted by Crippen LogP contribution is 2.32. The third kappa shape index (κ3) is 4.77. The second kappa shape index (κ2) is 9.56. The van der Waals surface area contributed by atoms with Gasteiger partial charge < -0.3 is 14.2 Å². The molecule has 4 rings (SSSR count). The van der Waals surface area contributed by atoms with Gasteiger partial charge in [-0.25, -0.2) is 0 Å². The Bertz CT molecular complexity index is 1110. The fourth-order valence-electron chi connectivity index (χ4n) is 4.41. The van der Waals surface area contributed by atoms with Crippen LogP contribution in [0.25, 0.3) is 10.9 Å². The molecular weight excluding hydrogens is 412 g/mol. The van der Waals surface area contributed by atoms with Crippen LogP contribution in [-0.4, -0.2) is 35.0 Å². The molecule has 5 nitrogen and oxygen atoms in total. The minimum Gasteiger partial charge on any atom is -0.469 e. The molecule has 31 heavy (non-hydrogen) atoms. The van der Waals surface area contributed by atoms with Crippen molar-refractivity contribution in [2.75, 3.05) is 13.7 Å². The Morgan fingerprint density at radius 3 is 2.68 bits per heavy atom. The summed E-state index contributed by atoms with van der Waals surface area (Å²) in [5.74, 6) is -0.0735. The monoisotopic (exact) mass is 438 g/mol. The van der Waals surface area contributed by atoms with Crippen LogP contribution >= 0.6 is 11.6 Å². The molecule has 6 heteroatoms. The molecule has 0 fully saturated rings. The number of nitrogens with zero attached hydrogens (tertiary/aromatic N) is 2. The molecule has 0 saturated carbocycles. The largest absolute Gasteiger partial charge is 0.469 e. The number of rotatable bonds is 7. The number of hydrogen-bond acceptors (Lipinski definition) is 3. The zero-order valence-corrected chi connectivity index (χ0v) is 18.5. The third-order valence-electron chi connectivity index (χ3n) is 6.00. The molecule has 0 radical (unpaired) electrons. The Morgan fingerprint density at radius 2 is 1.87 bits per heavy atom. The standard InChI is InChI=1S/C25H27ClN2O3/c1-31-25(30)12-5-4-11-24(29)27-14-13-21-20-9-2-3-10-22(20)28(23(21)17-27)16-18-7-6-8-19(26)15-18/h2-3,6-10,15H,4-5,11-14,16-17H2,1H3. The first-order valence-corrected chi connectivity index (χ1v) is 11.1. The summed E-state index contributed by atoms with van der Waals surface area (Å²) < 4.78 is 6.99. The van der Waals surface area contributed by atoms with Crippen molar-refractivity contribution < 1.29 is 14.3 Å². The Labute approximate surface area is 187 Å². The molecule has 2 aromatic carbocycles. The number of aromatic nitrogens is 1. The number of carbonyl (C=O) groups is 2. The van der Waals surface area contributed by atoms with Crippen LogP contribution in [0, 0.1) is 0 Å². The molecule has 0 bridgehead atoms. The van der Waals surface area contributed by atoms with Gasteiger partial charge in [0, 0.05) is 47.6 Å². The molecular formula is C25H27ClN2O3. The van der Waals surface area contributed by atoms with Crippen molar-refractivity contribution >= 4 is 34.4 Å². The molecule has 162 valence electrons. The van der Waals surface area contributed by atoms with Gasteiger partial charge in [0.05, 0.1) is 13.7 Å². The van der Waals surface area contributed by atoms with Crippen LogP contribution in [0.1, 0.15) is 42.5 Å². The number of halogens is 1. The van der Waals surface area contributed by atoms with Gasteiger partial charge in [-0.2, -0.15) is 0 Å². The van der Waals surface area contributed by atoms with Gasteiger partial charge in [0.2, 0.25) is 5.91 Å². The maximum atomic E-state index is 12.8. The van der Waals surface area contributed by atoms with E-state index >= 15 is 0 Å². The Hall–Kier alpha value is -2.79. The van der Waals surface area contributed by atoms with Crippen molar-refractivity contribution in [3.05, 3.63) is 70.4 Å². The van der Waals surface area contributed by atoms with E-state index in [9.17, 15) is 9.59 Å². The van der Waals surface area contributed by atoms with Crippen LogP contribution in [0.3, 0.4) is 0 Å². The lowest BCUT2D eigenvalue weighted by atomic mass is 10.0. The summed E-state index contributed by atoms with van der Waals surface area (Å²) >= 11 is 6.21. The number of esters is 1. The highest BCUT2D eigenvalue weighted by Gasteiger charge is 2.26. The van der Waals surface area contributed by atoms with Crippen molar-refractivity contribution in [1.82, 2.24) is 9.47 Å². The molecule has 1 amide bonds. The zero-order valence-electron chi connectivity index (χ0n) is 17.8. The number of methoxy groups -OCH3 is 1. The Kier molecular flexibility index (Phi) is 6.62. The van der Waals surface area contributed by atoms with E-state index in [2.05, 4.69) is 39.6 Å². The predicted octanol–water partition coefficient (Wildman–Crippen LogP) is 4.96. The quantitative estimate of drug-likeness (QED) is 0.387. The van der Waals surface area contributed by atoms with Crippen LogP contribution in [0.4, 0.5) is 0 Å². The maximum absolute atomic E-state index is 12.8. The molecule has 3 aromatic rings. The predicted molar refractivity (Wildman–Crippen MR) is 122 cm³/mol. The second-order valence-corrected chi connectivity index (χ2v) is 8.44. The highest BCUT2D eigenvalue weighted by atomic mass is 35.5. The van der Waals surface area contributed by atoms with E-state index < -0.39 is 0 Å². The molecule has 0 unspecified atom stereocenters. The molecule has 1 aliphatic rings. The normalized spacial score (nSPS) is 13.3. The highest BCUT2D eigenvalue weighted by molar-refractivity contribution is 6.30. The minimum absolute atomic E-state index is 0.148. The summed E-state index contributed by atoms with van der Waals surface area (Å²) in [7, 11) is 1.39. The molecule has 0 aliphatic carbocycles. The fourth-order valence-corrected chi connectivity index (χ4v) is 4.62. The fraction of sp³-hybridized carbons (Fsp3) is 0.360. The first-order chi connectivity index (χ1) is 15.1. The van der Waals surface area contributed by atoms with Crippen LogP contribution in [-0.2, 0) is 33.8 Å².